The van der Waals surface area contributed by atoms with Gasteiger partial charge in [0.1, 0.15) is 0 Å². The number of fused-ring (bicyclic) bond motifs is 1. The highest BCUT2D eigenvalue weighted by molar-refractivity contribution is 6.42. The first-order chi connectivity index (χ1) is 16.3. The molecule has 3 aromatic rings. The molecule has 7 heteroatoms. The quantitative estimate of drug-likeness (QED) is 0.336. The minimum Gasteiger partial charge on any atom is -0.351 e. The highest BCUT2D eigenvalue weighted by Crippen LogP contribution is 2.28. The Morgan fingerprint density at radius 2 is 1.83 bits per heavy atom. The molecule has 1 saturated heterocycles. The molecule has 0 bridgehead atoms. The Morgan fingerprint density at radius 3 is 2.57 bits per heavy atom. The van der Waals surface area contributed by atoms with Crippen molar-refractivity contribution < 1.29 is 4.79 Å². The van der Waals surface area contributed by atoms with E-state index in [-0.39, 0.29) is 23.7 Å². The van der Waals surface area contributed by atoms with E-state index in [0.29, 0.717) is 28.1 Å². The predicted octanol–water partition coefficient (Wildman–Crippen LogP) is 7.06. The van der Waals surface area contributed by atoms with E-state index in [0.717, 1.165) is 43.4 Å². The number of hydrogen-bond donors (Lipinski definition) is 1. The first kappa shape index (κ1) is 27.7. The van der Waals surface area contributed by atoms with Gasteiger partial charge in [-0.25, -0.2) is 0 Å². The van der Waals surface area contributed by atoms with Gasteiger partial charge in [-0.3, -0.25) is 9.78 Å². The molecule has 4 nitrogen and oxygen atoms in total. The zero-order valence-electron chi connectivity index (χ0n) is 20.4. The van der Waals surface area contributed by atoms with Crippen molar-refractivity contribution in [1.29, 1.82) is 0 Å². The average molecular weight is 535 g/mol. The van der Waals surface area contributed by atoms with Crippen LogP contribution in [0.3, 0.4) is 0 Å². The third kappa shape index (κ3) is 7.82. The number of carbonyl (C=O) groups is 1. The van der Waals surface area contributed by atoms with Crippen LogP contribution in [0.5, 0.6) is 0 Å². The van der Waals surface area contributed by atoms with Gasteiger partial charge in [0.25, 0.3) is 5.91 Å². The Labute approximate surface area is 224 Å². The fourth-order valence-corrected chi connectivity index (χ4v) is 4.90. The average Bonchev–Trinajstić information content (AvgIpc) is 2.84. The molecule has 1 aromatic heterocycles. The van der Waals surface area contributed by atoms with Gasteiger partial charge in [0, 0.05) is 18.1 Å². The Balaban J connectivity index is 0.00000342. The SMILES string of the molecule is CC(C)(CCN1CCC(Cc2ccc(Cl)c(Cl)c2)CC1)CNC(=O)c1cnc2ccccc2c1.Cl. The van der Waals surface area contributed by atoms with Gasteiger partial charge in [0.15, 0.2) is 0 Å². The van der Waals surface area contributed by atoms with Gasteiger partial charge in [-0.05, 0) is 86.5 Å². The molecule has 4 rings (SSSR count). The highest BCUT2D eigenvalue weighted by atomic mass is 35.5. The Kier molecular flexibility index (Phi) is 9.83. The number of benzene rings is 2. The van der Waals surface area contributed by atoms with E-state index in [1.807, 2.05) is 42.5 Å². The van der Waals surface area contributed by atoms with Crippen LogP contribution in [0.15, 0.2) is 54.7 Å². The van der Waals surface area contributed by atoms with Gasteiger partial charge in [-0.15, -0.1) is 12.4 Å². The van der Waals surface area contributed by atoms with Gasteiger partial charge < -0.3 is 10.2 Å². The van der Waals surface area contributed by atoms with Crippen molar-refractivity contribution in [3.63, 3.8) is 0 Å². The summed E-state index contributed by atoms with van der Waals surface area (Å²) in [5.74, 6) is 0.630. The summed E-state index contributed by atoms with van der Waals surface area (Å²) in [4.78, 5) is 19.7. The zero-order chi connectivity index (χ0) is 24.1. The van der Waals surface area contributed by atoms with E-state index in [4.69, 9.17) is 23.2 Å². The Morgan fingerprint density at radius 1 is 1.09 bits per heavy atom. The first-order valence-electron chi connectivity index (χ1n) is 12.1. The maximum Gasteiger partial charge on any atom is 0.252 e. The lowest BCUT2D eigenvalue weighted by atomic mass is 9.87. The largest absolute Gasteiger partial charge is 0.351 e. The van der Waals surface area contributed by atoms with E-state index < -0.39 is 0 Å². The molecule has 2 aromatic carbocycles. The van der Waals surface area contributed by atoms with Gasteiger partial charge >= 0.3 is 0 Å². The second-order valence-corrected chi connectivity index (χ2v) is 11.1. The molecular formula is C28H34Cl3N3O. The van der Waals surface area contributed by atoms with E-state index >= 15 is 0 Å². The lowest BCUT2D eigenvalue weighted by Gasteiger charge is -2.34. The molecule has 0 saturated carbocycles. The molecule has 188 valence electrons. The van der Waals surface area contributed by atoms with Crippen molar-refractivity contribution in [3.05, 3.63) is 75.9 Å². The summed E-state index contributed by atoms with van der Waals surface area (Å²) in [6, 6.07) is 15.7. The van der Waals surface area contributed by atoms with E-state index in [1.165, 1.54) is 18.4 Å². The molecule has 1 aliphatic heterocycles. The number of halogens is 3. The number of pyridine rings is 1. The smallest absolute Gasteiger partial charge is 0.252 e. The summed E-state index contributed by atoms with van der Waals surface area (Å²) in [6.07, 6.45) is 6.16. The molecule has 2 heterocycles. The van der Waals surface area contributed by atoms with E-state index in [9.17, 15) is 4.79 Å². The number of rotatable bonds is 8. The van der Waals surface area contributed by atoms with Gasteiger partial charge in [0.05, 0.1) is 21.1 Å². The third-order valence-electron chi connectivity index (χ3n) is 6.90. The van der Waals surface area contributed by atoms with Crippen molar-refractivity contribution in [3.8, 4) is 0 Å². The van der Waals surface area contributed by atoms with Crippen molar-refractivity contribution in [2.75, 3.05) is 26.2 Å². The number of nitrogens with one attached hydrogen (secondary N) is 1. The zero-order valence-corrected chi connectivity index (χ0v) is 22.7. The van der Waals surface area contributed by atoms with Crippen molar-refractivity contribution in [2.24, 2.45) is 11.3 Å². The lowest BCUT2D eigenvalue weighted by Crippen LogP contribution is -2.39. The third-order valence-corrected chi connectivity index (χ3v) is 7.64. The maximum atomic E-state index is 12.7. The summed E-state index contributed by atoms with van der Waals surface area (Å²) >= 11 is 12.2. The van der Waals surface area contributed by atoms with Crippen LogP contribution < -0.4 is 5.32 Å². The van der Waals surface area contributed by atoms with Crippen LogP contribution in [0.2, 0.25) is 10.0 Å². The highest BCUT2D eigenvalue weighted by Gasteiger charge is 2.24. The molecule has 1 amide bonds. The molecule has 0 unspecified atom stereocenters. The maximum absolute atomic E-state index is 12.7. The number of amides is 1. The normalized spacial score (nSPS) is 15.1. The van der Waals surface area contributed by atoms with Gasteiger partial charge in [-0.2, -0.15) is 0 Å². The Hall–Kier alpha value is -1.85. The topological polar surface area (TPSA) is 45.2 Å². The van der Waals surface area contributed by atoms with Crippen LogP contribution in [-0.4, -0.2) is 42.0 Å². The van der Waals surface area contributed by atoms with Crippen molar-refractivity contribution >= 4 is 52.4 Å². The van der Waals surface area contributed by atoms with Gasteiger partial charge in [0.2, 0.25) is 0 Å². The molecule has 0 radical (unpaired) electrons. The van der Waals surface area contributed by atoms with E-state index in [1.54, 1.807) is 6.20 Å². The predicted molar refractivity (Wildman–Crippen MR) is 149 cm³/mol. The molecule has 1 N–H and O–H groups in total. The monoisotopic (exact) mass is 533 g/mol. The van der Waals surface area contributed by atoms with Crippen LogP contribution in [0.25, 0.3) is 10.9 Å². The molecule has 0 atom stereocenters. The van der Waals surface area contributed by atoms with Gasteiger partial charge in [-0.1, -0.05) is 61.3 Å². The van der Waals surface area contributed by atoms with Crippen LogP contribution in [0, 0.1) is 11.3 Å². The molecule has 0 spiro atoms. The second-order valence-electron chi connectivity index (χ2n) is 10.3. The number of carbonyl (C=O) groups excluding carboxylic acids is 1. The summed E-state index contributed by atoms with van der Waals surface area (Å²) in [6.45, 7) is 8.40. The molecule has 1 aliphatic rings. The van der Waals surface area contributed by atoms with Crippen LogP contribution in [0.1, 0.15) is 49.0 Å². The van der Waals surface area contributed by atoms with E-state index in [2.05, 4.69) is 35.1 Å². The number of hydrogen-bond acceptors (Lipinski definition) is 3. The summed E-state index contributed by atoms with van der Waals surface area (Å²) in [5.41, 5.74) is 2.81. The number of para-hydroxylation sites is 1. The molecule has 1 fully saturated rings. The fraction of sp³-hybridized carbons (Fsp3) is 0.429. The molecular weight excluding hydrogens is 501 g/mol. The summed E-state index contributed by atoms with van der Waals surface area (Å²) < 4.78 is 0. The van der Waals surface area contributed by atoms with Crippen LogP contribution >= 0.6 is 35.6 Å². The summed E-state index contributed by atoms with van der Waals surface area (Å²) in [5, 5.41) is 5.36. The number of piperidine rings is 1. The van der Waals surface area contributed by atoms with Crippen molar-refractivity contribution in [2.45, 2.75) is 39.5 Å². The minimum absolute atomic E-state index is 0. The minimum atomic E-state index is -0.0607. The molecule has 0 aliphatic carbocycles. The Bertz CT molecular complexity index is 1140. The lowest BCUT2D eigenvalue weighted by molar-refractivity contribution is 0.0927. The fourth-order valence-electron chi connectivity index (χ4n) is 4.58. The van der Waals surface area contributed by atoms with Crippen LogP contribution in [0.4, 0.5) is 0 Å². The van der Waals surface area contributed by atoms with Crippen LogP contribution in [-0.2, 0) is 6.42 Å². The standard InChI is InChI=1S/C28H33Cl2N3O.ClH/c1-28(2,19-32-27(34)23-17-22-5-3-4-6-26(22)31-18-23)11-14-33-12-9-20(10-13-33)15-21-7-8-24(29)25(30)16-21;/h3-8,16-18,20H,9-15,19H2,1-2H3,(H,32,34);1H. The number of nitrogens with zero attached hydrogens (tertiary/aromatic N) is 2. The number of likely N-dealkylation sites (tertiary alicyclic amines) is 1. The molecule has 35 heavy (non-hydrogen) atoms. The first-order valence-corrected chi connectivity index (χ1v) is 12.8. The number of aromatic nitrogens is 1. The van der Waals surface area contributed by atoms with Crippen molar-refractivity contribution in [1.82, 2.24) is 15.2 Å². The summed E-state index contributed by atoms with van der Waals surface area (Å²) in [7, 11) is 0. The second kappa shape index (κ2) is 12.4.